The van der Waals surface area contributed by atoms with Crippen LogP contribution < -0.4 is 14.2 Å². The van der Waals surface area contributed by atoms with E-state index in [9.17, 15) is 26.0 Å². The SMILES string of the molecule is COc1ccc(F)cc1Oc1c(Cl)ncnc1NS(=O)(=O)c1ccc(C(F)(F)F)cc1. The molecule has 164 valence electrons. The fourth-order valence-corrected chi connectivity index (χ4v) is 3.55. The topological polar surface area (TPSA) is 90.4 Å². The van der Waals surface area contributed by atoms with Crippen LogP contribution in [0.25, 0.3) is 0 Å². The second kappa shape index (κ2) is 8.55. The number of rotatable bonds is 6. The molecule has 1 N–H and O–H groups in total. The quantitative estimate of drug-likeness (QED) is 0.401. The molecule has 1 heterocycles. The van der Waals surface area contributed by atoms with Crippen molar-refractivity contribution in [3.63, 3.8) is 0 Å². The van der Waals surface area contributed by atoms with Crippen LogP contribution in [-0.2, 0) is 16.2 Å². The smallest absolute Gasteiger partial charge is 0.416 e. The molecule has 31 heavy (non-hydrogen) atoms. The summed E-state index contributed by atoms with van der Waals surface area (Å²) in [5.41, 5.74) is -1.02. The standard InChI is InChI=1S/C18H12ClF4N3O4S/c1-29-13-7-4-11(20)8-14(13)30-15-16(19)24-9-25-17(15)26-31(27,28)12-5-2-10(3-6-12)18(21,22)23/h2-9H,1H3,(H,24,25,26). The highest BCUT2D eigenvalue weighted by Crippen LogP contribution is 2.39. The largest absolute Gasteiger partial charge is 0.493 e. The van der Waals surface area contributed by atoms with Crippen molar-refractivity contribution < 1.29 is 35.5 Å². The molecule has 0 saturated heterocycles. The molecule has 3 rings (SSSR count). The van der Waals surface area contributed by atoms with Crippen LogP contribution in [0.5, 0.6) is 17.2 Å². The van der Waals surface area contributed by atoms with Crippen LogP contribution in [0.1, 0.15) is 5.56 Å². The monoisotopic (exact) mass is 477 g/mol. The van der Waals surface area contributed by atoms with Crippen LogP contribution in [-0.4, -0.2) is 25.5 Å². The van der Waals surface area contributed by atoms with Crippen LogP contribution in [0.3, 0.4) is 0 Å². The Balaban J connectivity index is 1.96. The second-order valence-corrected chi connectivity index (χ2v) is 7.91. The fraction of sp³-hybridized carbons (Fsp3) is 0.111. The van der Waals surface area contributed by atoms with Crippen molar-refractivity contribution in [1.82, 2.24) is 9.97 Å². The van der Waals surface area contributed by atoms with Gasteiger partial charge in [-0.15, -0.1) is 0 Å². The van der Waals surface area contributed by atoms with E-state index in [2.05, 4.69) is 14.7 Å². The number of halogens is 5. The predicted octanol–water partition coefficient (Wildman–Crippen LogP) is 4.89. The maximum Gasteiger partial charge on any atom is 0.416 e. The molecule has 0 spiro atoms. The molecule has 0 aliphatic carbocycles. The van der Waals surface area contributed by atoms with Crippen molar-refractivity contribution in [2.75, 3.05) is 11.8 Å². The fourth-order valence-electron chi connectivity index (χ4n) is 2.36. The first kappa shape index (κ1) is 22.6. The summed E-state index contributed by atoms with van der Waals surface area (Å²) in [4.78, 5) is 6.98. The molecule has 0 fully saturated rings. The number of methoxy groups -OCH3 is 1. The Hall–Kier alpha value is -3.12. The first-order valence-corrected chi connectivity index (χ1v) is 10.1. The number of nitrogens with zero attached hydrogens (tertiary/aromatic N) is 2. The van der Waals surface area contributed by atoms with Gasteiger partial charge in [-0.25, -0.2) is 22.8 Å². The van der Waals surface area contributed by atoms with Gasteiger partial charge in [0.1, 0.15) is 12.1 Å². The van der Waals surface area contributed by atoms with Gasteiger partial charge in [0.05, 0.1) is 17.6 Å². The van der Waals surface area contributed by atoms with Crippen molar-refractivity contribution in [3.8, 4) is 17.2 Å². The Morgan fingerprint density at radius 2 is 1.71 bits per heavy atom. The number of hydrogen-bond donors (Lipinski definition) is 1. The molecule has 0 atom stereocenters. The molecule has 0 aliphatic rings. The first-order valence-electron chi connectivity index (χ1n) is 8.23. The second-order valence-electron chi connectivity index (χ2n) is 5.87. The Kier molecular flexibility index (Phi) is 6.23. The minimum absolute atomic E-state index is 0.109. The van der Waals surface area contributed by atoms with Gasteiger partial charge in [0, 0.05) is 6.07 Å². The lowest BCUT2D eigenvalue weighted by molar-refractivity contribution is -0.137. The van der Waals surface area contributed by atoms with Gasteiger partial charge in [-0.1, -0.05) is 11.6 Å². The zero-order chi connectivity index (χ0) is 22.8. The Morgan fingerprint density at radius 1 is 1.03 bits per heavy atom. The molecule has 0 aliphatic heterocycles. The zero-order valence-electron chi connectivity index (χ0n) is 15.4. The molecule has 7 nitrogen and oxygen atoms in total. The number of ether oxygens (including phenoxy) is 2. The van der Waals surface area contributed by atoms with Crippen molar-refractivity contribution >= 4 is 27.4 Å². The van der Waals surface area contributed by atoms with E-state index >= 15 is 0 Å². The number of hydrogen-bond acceptors (Lipinski definition) is 6. The van der Waals surface area contributed by atoms with Gasteiger partial charge in [-0.3, -0.25) is 4.72 Å². The Bertz CT molecular complexity index is 1210. The van der Waals surface area contributed by atoms with Crippen LogP contribution in [0.4, 0.5) is 23.4 Å². The van der Waals surface area contributed by atoms with Crippen molar-refractivity contribution in [2.24, 2.45) is 0 Å². The molecule has 0 radical (unpaired) electrons. The van der Waals surface area contributed by atoms with E-state index in [1.807, 2.05) is 0 Å². The third-order valence-corrected chi connectivity index (χ3v) is 5.45. The molecule has 3 aromatic rings. The first-order chi connectivity index (χ1) is 14.5. The summed E-state index contributed by atoms with van der Waals surface area (Å²) in [6.45, 7) is 0. The van der Waals surface area contributed by atoms with E-state index in [0.717, 1.165) is 30.6 Å². The van der Waals surface area contributed by atoms with E-state index < -0.39 is 38.3 Å². The Morgan fingerprint density at radius 3 is 2.32 bits per heavy atom. The summed E-state index contributed by atoms with van der Waals surface area (Å²) in [5, 5.41) is -0.313. The molecular formula is C18H12ClF4N3O4S. The minimum Gasteiger partial charge on any atom is -0.493 e. The van der Waals surface area contributed by atoms with Crippen molar-refractivity contribution in [3.05, 3.63) is 65.3 Å². The molecule has 1 aromatic heterocycles. The van der Waals surface area contributed by atoms with E-state index in [-0.39, 0.29) is 22.4 Å². The Labute approximate surface area is 178 Å². The third-order valence-electron chi connectivity index (χ3n) is 3.82. The highest BCUT2D eigenvalue weighted by atomic mass is 35.5. The minimum atomic E-state index is -4.62. The van der Waals surface area contributed by atoms with Gasteiger partial charge in [0.2, 0.25) is 5.75 Å². The lowest BCUT2D eigenvalue weighted by atomic mass is 10.2. The van der Waals surface area contributed by atoms with Gasteiger partial charge in [-0.2, -0.15) is 13.2 Å². The van der Waals surface area contributed by atoms with Crippen LogP contribution in [0.15, 0.2) is 53.7 Å². The summed E-state index contributed by atoms with van der Waals surface area (Å²) < 4.78 is 89.6. The number of alkyl halides is 3. The van der Waals surface area contributed by atoms with Gasteiger partial charge in [-0.05, 0) is 36.4 Å². The molecule has 0 amide bonds. The van der Waals surface area contributed by atoms with Crippen LogP contribution >= 0.6 is 11.6 Å². The summed E-state index contributed by atoms with van der Waals surface area (Å²) in [5.74, 6) is -1.50. The van der Waals surface area contributed by atoms with Crippen LogP contribution in [0.2, 0.25) is 5.15 Å². The molecule has 2 aromatic carbocycles. The lowest BCUT2D eigenvalue weighted by Crippen LogP contribution is -2.15. The van der Waals surface area contributed by atoms with Gasteiger partial charge in [0.15, 0.2) is 22.5 Å². The zero-order valence-corrected chi connectivity index (χ0v) is 17.0. The third kappa shape index (κ3) is 5.14. The number of benzene rings is 2. The number of aromatic nitrogens is 2. The lowest BCUT2D eigenvalue weighted by Gasteiger charge is -2.15. The van der Waals surface area contributed by atoms with Crippen molar-refractivity contribution in [1.29, 1.82) is 0 Å². The average Bonchev–Trinajstić information content (AvgIpc) is 2.70. The molecule has 0 bridgehead atoms. The normalized spacial score (nSPS) is 11.8. The molecular weight excluding hydrogens is 466 g/mol. The molecule has 13 heteroatoms. The number of sulfonamides is 1. The summed E-state index contributed by atoms with van der Waals surface area (Å²) in [6.07, 6.45) is -3.69. The van der Waals surface area contributed by atoms with E-state index in [1.54, 1.807) is 0 Å². The van der Waals surface area contributed by atoms with Crippen LogP contribution in [0, 0.1) is 5.82 Å². The van der Waals surface area contributed by atoms with E-state index in [1.165, 1.54) is 13.2 Å². The van der Waals surface area contributed by atoms with Gasteiger partial charge >= 0.3 is 6.18 Å². The predicted molar refractivity (Wildman–Crippen MR) is 102 cm³/mol. The van der Waals surface area contributed by atoms with E-state index in [4.69, 9.17) is 21.1 Å². The summed E-state index contributed by atoms with van der Waals surface area (Å²) >= 11 is 5.99. The van der Waals surface area contributed by atoms with Gasteiger partial charge < -0.3 is 9.47 Å². The summed E-state index contributed by atoms with van der Waals surface area (Å²) in [6, 6.07) is 6.16. The number of anilines is 1. The summed E-state index contributed by atoms with van der Waals surface area (Å²) in [7, 11) is -3.08. The highest BCUT2D eigenvalue weighted by Gasteiger charge is 2.31. The average molecular weight is 478 g/mol. The highest BCUT2D eigenvalue weighted by molar-refractivity contribution is 7.92. The maximum atomic E-state index is 13.6. The molecule has 0 saturated carbocycles. The molecule has 0 unspecified atom stereocenters. The van der Waals surface area contributed by atoms with E-state index in [0.29, 0.717) is 12.1 Å². The van der Waals surface area contributed by atoms with Gasteiger partial charge in [0.25, 0.3) is 10.0 Å². The van der Waals surface area contributed by atoms with Crippen molar-refractivity contribution in [2.45, 2.75) is 11.1 Å². The maximum absolute atomic E-state index is 13.6. The number of nitrogens with one attached hydrogen (secondary N) is 1.